The largest absolute Gasteiger partial charge is 0.396 e. The van der Waals surface area contributed by atoms with Gasteiger partial charge in [0.1, 0.15) is 0 Å². The zero-order chi connectivity index (χ0) is 15.5. The van der Waals surface area contributed by atoms with E-state index in [0.717, 1.165) is 16.6 Å². The van der Waals surface area contributed by atoms with Gasteiger partial charge in [-0.15, -0.1) is 0 Å². The number of benzene rings is 1. The average Bonchev–Trinajstić information content (AvgIpc) is 2.44. The van der Waals surface area contributed by atoms with Crippen LogP contribution in [0.1, 0.15) is 36.3 Å². The monoisotopic (exact) mass is 286 g/mol. The summed E-state index contributed by atoms with van der Waals surface area (Å²) in [5.74, 6) is -0.0947. The van der Waals surface area contributed by atoms with E-state index in [-0.39, 0.29) is 17.9 Å². The highest BCUT2D eigenvalue weighted by molar-refractivity contribution is 6.06. The van der Waals surface area contributed by atoms with Crippen LogP contribution < -0.4 is 5.32 Å². The molecule has 0 fully saturated rings. The molecule has 4 nitrogen and oxygen atoms in total. The Balaban J connectivity index is 2.24. The van der Waals surface area contributed by atoms with Gasteiger partial charge in [-0.1, -0.05) is 32.0 Å². The number of para-hydroxylation sites is 1. The SMILES string of the molecule is Cc1cc(C(=O)NCC(C)(C)CCO)c2ccccc2n1. The molecular formula is C17H22N2O2. The number of fused-ring (bicyclic) bond motifs is 1. The quantitative estimate of drug-likeness (QED) is 0.888. The number of aryl methyl sites for hydroxylation is 1. The lowest BCUT2D eigenvalue weighted by atomic mass is 9.89. The van der Waals surface area contributed by atoms with Crippen molar-refractivity contribution < 1.29 is 9.90 Å². The third-order valence-electron chi connectivity index (χ3n) is 3.60. The molecule has 0 aliphatic carbocycles. The first kappa shape index (κ1) is 15.4. The van der Waals surface area contributed by atoms with E-state index in [2.05, 4.69) is 10.3 Å². The van der Waals surface area contributed by atoms with Crippen LogP contribution >= 0.6 is 0 Å². The number of aliphatic hydroxyl groups is 1. The molecule has 1 heterocycles. The predicted octanol–water partition coefficient (Wildman–Crippen LogP) is 2.68. The number of aromatic nitrogens is 1. The highest BCUT2D eigenvalue weighted by atomic mass is 16.3. The zero-order valence-corrected chi connectivity index (χ0v) is 12.8. The van der Waals surface area contributed by atoms with Crippen LogP contribution in [0, 0.1) is 12.3 Å². The van der Waals surface area contributed by atoms with Gasteiger partial charge in [-0.05, 0) is 30.9 Å². The first-order valence-corrected chi connectivity index (χ1v) is 7.18. The fourth-order valence-corrected chi connectivity index (χ4v) is 2.30. The molecule has 0 spiro atoms. The standard InChI is InChI=1S/C17H22N2O2/c1-12-10-14(13-6-4-5-7-15(13)19-12)16(21)18-11-17(2,3)8-9-20/h4-7,10,20H,8-9,11H2,1-3H3,(H,18,21). The van der Waals surface area contributed by atoms with Gasteiger partial charge < -0.3 is 10.4 Å². The van der Waals surface area contributed by atoms with Crippen LogP contribution in [0.25, 0.3) is 10.9 Å². The van der Waals surface area contributed by atoms with Crippen LogP contribution in [0.2, 0.25) is 0 Å². The summed E-state index contributed by atoms with van der Waals surface area (Å²) in [6.45, 7) is 6.60. The predicted molar refractivity (Wildman–Crippen MR) is 84.3 cm³/mol. The minimum Gasteiger partial charge on any atom is -0.396 e. The molecule has 0 aliphatic heterocycles. The van der Waals surface area contributed by atoms with Crippen LogP contribution in [0.3, 0.4) is 0 Å². The first-order valence-electron chi connectivity index (χ1n) is 7.18. The van der Waals surface area contributed by atoms with Crippen molar-refractivity contribution in [2.45, 2.75) is 27.2 Å². The van der Waals surface area contributed by atoms with E-state index >= 15 is 0 Å². The van der Waals surface area contributed by atoms with E-state index in [9.17, 15) is 4.79 Å². The molecule has 1 amide bonds. The van der Waals surface area contributed by atoms with E-state index in [1.807, 2.05) is 51.1 Å². The Morgan fingerprint density at radius 3 is 2.76 bits per heavy atom. The lowest BCUT2D eigenvalue weighted by molar-refractivity contribution is 0.0929. The topological polar surface area (TPSA) is 62.2 Å². The molecule has 21 heavy (non-hydrogen) atoms. The molecule has 1 aromatic carbocycles. The number of nitrogens with zero attached hydrogens (tertiary/aromatic N) is 1. The maximum atomic E-state index is 12.5. The van der Waals surface area contributed by atoms with Gasteiger partial charge in [0.05, 0.1) is 11.1 Å². The molecule has 0 unspecified atom stereocenters. The van der Waals surface area contributed by atoms with Gasteiger partial charge in [0.2, 0.25) is 0 Å². The van der Waals surface area contributed by atoms with Crippen molar-refractivity contribution in [3.05, 3.63) is 41.6 Å². The molecular weight excluding hydrogens is 264 g/mol. The lowest BCUT2D eigenvalue weighted by Crippen LogP contribution is -2.34. The minimum absolute atomic E-state index is 0.0947. The second-order valence-electron chi connectivity index (χ2n) is 6.15. The number of hydrogen-bond donors (Lipinski definition) is 2. The fourth-order valence-electron chi connectivity index (χ4n) is 2.30. The van der Waals surface area contributed by atoms with Gasteiger partial charge >= 0.3 is 0 Å². The minimum atomic E-state index is -0.123. The molecule has 0 bridgehead atoms. The maximum Gasteiger partial charge on any atom is 0.252 e. The van der Waals surface area contributed by atoms with Crippen LogP contribution in [0.4, 0.5) is 0 Å². The van der Waals surface area contributed by atoms with E-state index in [0.29, 0.717) is 18.5 Å². The Morgan fingerprint density at radius 1 is 1.33 bits per heavy atom. The normalized spacial score (nSPS) is 11.6. The summed E-state index contributed by atoms with van der Waals surface area (Å²) >= 11 is 0. The zero-order valence-electron chi connectivity index (χ0n) is 12.8. The highest BCUT2D eigenvalue weighted by Gasteiger charge is 2.19. The van der Waals surface area contributed by atoms with Gasteiger partial charge in [-0.25, -0.2) is 0 Å². The van der Waals surface area contributed by atoms with Gasteiger partial charge in [-0.2, -0.15) is 0 Å². The second kappa shape index (κ2) is 6.22. The molecule has 0 radical (unpaired) electrons. The van der Waals surface area contributed by atoms with E-state index < -0.39 is 0 Å². The summed E-state index contributed by atoms with van der Waals surface area (Å²) in [5.41, 5.74) is 2.19. The first-order chi connectivity index (χ1) is 9.93. The van der Waals surface area contributed by atoms with Crippen molar-refractivity contribution in [2.24, 2.45) is 5.41 Å². The average molecular weight is 286 g/mol. The summed E-state index contributed by atoms with van der Waals surface area (Å²) < 4.78 is 0. The number of carbonyl (C=O) groups excluding carboxylic acids is 1. The Labute approximate surface area is 125 Å². The molecule has 0 aliphatic rings. The molecule has 112 valence electrons. The van der Waals surface area contributed by atoms with Crippen molar-refractivity contribution >= 4 is 16.8 Å². The van der Waals surface area contributed by atoms with Crippen molar-refractivity contribution in [2.75, 3.05) is 13.2 Å². The molecule has 0 saturated carbocycles. The van der Waals surface area contributed by atoms with Gasteiger partial charge in [0.25, 0.3) is 5.91 Å². The number of aliphatic hydroxyl groups excluding tert-OH is 1. The molecule has 4 heteroatoms. The maximum absolute atomic E-state index is 12.5. The second-order valence-corrected chi connectivity index (χ2v) is 6.15. The smallest absolute Gasteiger partial charge is 0.252 e. The van der Waals surface area contributed by atoms with Crippen LogP contribution in [0.15, 0.2) is 30.3 Å². The molecule has 0 atom stereocenters. The number of pyridine rings is 1. The van der Waals surface area contributed by atoms with Crippen molar-refractivity contribution in [1.29, 1.82) is 0 Å². The van der Waals surface area contributed by atoms with E-state index in [1.54, 1.807) is 0 Å². The summed E-state index contributed by atoms with van der Waals surface area (Å²) in [4.78, 5) is 16.9. The van der Waals surface area contributed by atoms with Crippen LogP contribution in [0.5, 0.6) is 0 Å². The van der Waals surface area contributed by atoms with Crippen molar-refractivity contribution in [3.8, 4) is 0 Å². The summed E-state index contributed by atoms with van der Waals surface area (Å²) in [6, 6.07) is 9.47. The van der Waals surface area contributed by atoms with Crippen LogP contribution in [-0.2, 0) is 0 Å². The molecule has 0 saturated heterocycles. The van der Waals surface area contributed by atoms with Gasteiger partial charge in [0, 0.05) is 24.2 Å². The molecule has 2 aromatic rings. The van der Waals surface area contributed by atoms with Crippen molar-refractivity contribution in [3.63, 3.8) is 0 Å². The molecule has 2 N–H and O–H groups in total. The lowest BCUT2D eigenvalue weighted by Gasteiger charge is -2.24. The Kier molecular flexibility index (Phi) is 4.58. The van der Waals surface area contributed by atoms with Gasteiger partial charge in [0.15, 0.2) is 0 Å². The van der Waals surface area contributed by atoms with E-state index in [1.165, 1.54) is 0 Å². The van der Waals surface area contributed by atoms with Crippen molar-refractivity contribution in [1.82, 2.24) is 10.3 Å². The summed E-state index contributed by atoms with van der Waals surface area (Å²) in [7, 11) is 0. The van der Waals surface area contributed by atoms with E-state index in [4.69, 9.17) is 5.11 Å². The number of carbonyl (C=O) groups is 1. The third-order valence-corrected chi connectivity index (χ3v) is 3.60. The summed E-state index contributed by atoms with van der Waals surface area (Å²) in [5, 5.41) is 12.9. The van der Waals surface area contributed by atoms with Gasteiger partial charge in [-0.3, -0.25) is 9.78 Å². The Bertz CT molecular complexity index is 650. The third kappa shape index (κ3) is 3.79. The fraction of sp³-hybridized carbons (Fsp3) is 0.412. The number of rotatable bonds is 5. The number of hydrogen-bond acceptors (Lipinski definition) is 3. The Morgan fingerprint density at radius 2 is 2.05 bits per heavy atom. The Hall–Kier alpha value is -1.94. The molecule has 2 rings (SSSR count). The number of amides is 1. The molecule has 1 aromatic heterocycles. The number of nitrogens with one attached hydrogen (secondary N) is 1. The van der Waals surface area contributed by atoms with Crippen LogP contribution in [-0.4, -0.2) is 29.1 Å². The summed E-state index contributed by atoms with van der Waals surface area (Å²) in [6.07, 6.45) is 0.656. The highest BCUT2D eigenvalue weighted by Crippen LogP contribution is 2.20.